The monoisotopic (exact) mass is 265 g/mol. The topological polar surface area (TPSA) is 60.2 Å². The zero-order valence-electron chi connectivity index (χ0n) is 10.9. The molecule has 0 radical (unpaired) electrons. The van der Waals surface area contributed by atoms with E-state index in [9.17, 15) is 0 Å². The number of aromatic nitrogens is 1. The van der Waals surface area contributed by atoms with Gasteiger partial charge in [0.25, 0.3) is 0 Å². The molecule has 4 heteroatoms. The lowest BCUT2D eigenvalue weighted by molar-refractivity contribution is 0.306. The number of hydrogen-bond acceptors (Lipinski definition) is 4. The smallest absolute Gasteiger partial charge is 0.147 e. The number of benzene rings is 2. The lowest BCUT2D eigenvalue weighted by Crippen LogP contribution is -2.08. The second kappa shape index (κ2) is 5.59. The minimum absolute atomic E-state index is 0.555. The first-order valence-electron chi connectivity index (χ1n) is 6.39. The number of fused-ring (bicyclic) bond motifs is 1. The molecule has 0 spiro atoms. The van der Waals surface area contributed by atoms with Crippen LogP contribution in [0.2, 0.25) is 0 Å². The maximum absolute atomic E-state index is 5.80. The predicted octanol–water partition coefficient (Wildman–Crippen LogP) is 3.10. The van der Waals surface area contributed by atoms with Gasteiger partial charge in [0.2, 0.25) is 0 Å². The van der Waals surface area contributed by atoms with Crippen LogP contribution in [0.25, 0.3) is 10.8 Å². The number of nitrogens with zero attached hydrogens (tertiary/aromatic N) is 1. The van der Waals surface area contributed by atoms with Crippen molar-refractivity contribution in [3.63, 3.8) is 0 Å². The molecule has 3 rings (SSSR count). The van der Waals surface area contributed by atoms with Crippen LogP contribution in [0.3, 0.4) is 0 Å². The number of rotatable bonds is 4. The molecule has 0 aliphatic heterocycles. The van der Waals surface area contributed by atoms with Crippen molar-refractivity contribution in [3.8, 4) is 5.75 Å². The number of hydrogen-bond donors (Lipinski definition) is 2. The summed E-state index contributed by atoms with van der Waals surface area (Å²) < 4.78 is 5.80. The minimum atomic E-state index is 0.555. The van der Waals surface area contributed by atoms with E-state index in [0.29, 0.717) is 12.4 Å². The van der Waals surface area contributed by atoms with Crippen molar-refractivity contribution in [2.24, 2.45) is 5.84 Å². The summed E-state index contributed by atoms with van der Waals surface area (Å²) in [5, 5.41) is 2.01. The summed E-state index contributed by atoms with van der Waals surface area (Å²) in [4.78, 5) is 4.17. The first-order chi connectivity index (χ1) is 9.86. The Balaban J connectivity index is 1.83. The van der Waals surface area contributed by atoms with E-state index >= 15 is 0 Å². The highest BCUT2D eigenvalue weighted by Gasteiger charge is 2.03. The zero-order chi connectivity index (χ0) is 13.8. The van der Waals surface area contributed by atoms with Crippen LogP contribution in [0.1, 0.15) is 5.56 Å². The highest BCUT2D eigenvalue weighted by molar-refractivity contribution is 5.92. The van der Waals surface area contributed by atoms with Crippen molar-refractivity contribution in [1.82, 2.24) is 4.98 Å². The Bertz CT molecular complexity index is 713. The molecule has 0 fully saturated rings. The first kappa shape index (κ1) is 12.4. The third-order valence-electron chi connectivity index (χ3n) is 3.12. The molecule has 0 unspecified atom stereocenters. The molecule has 100 valence electrons. The van der Waals surface area contributed by atoms with Crippen LogP contribution in [0.15, 0.2) is 60.8 Å². The molecule has 0 saturated carbocycles. The van der Waals surface area contributed by atoms with Crippen molar-refractivity contribution in [3.05, 3.63) is 66.4 Å². The van der Waals surface area contributed by atoms with E-state index in [1.165, 1.54) is 0 Å². The van der Waals surface area contributed by atoms with E-state index in [-0.39, 0.29) is 0 Å². The lowest BCUT2D eigenvalue weighted by Gasteiger charge is -2.09. The Morgan fingerprint density at radius 2 is 1.90 bits per heavy atom. The number of nitrogens with one attached hydrogen (secondary N) is 1. The van der Waals surface area contributed by atoms with Gasteiger partial charge in [0.1, 0.15) is 18.2 Å². The highest BCUT2D eigenvalue weighted by atomic mass is 16.5. The number of ether oxygens (including phenoxy) is 1. The Hall–Kier alpha value is -2.59. The van der Waals surface area contributed by atoms with Gasteiger partial charge in [-0.15, -0.1) is 0 Å². The van der Waals surface area contributed by atoms with Crippen LogP contribution in [0.5, 0.6) is 5.75 Å². The Labute approximate surface area is 117 Å². The minimum Gasteiger partial charge on any atom is -0.489 e. The van der Waals surface area contributed by atoms with Gasteiger partial charge in [-0.05, 0) is 35.2 Å². The average molecular weight is 265 g/mol. The Morgan fingerprint density at radius 3 is 2.70 bits per heavy atom. The van der Waals surface area contributed by atoms with Gasteiger partial charge in [-0.2, -0.15) is 0 Å². The summed E-state index contributed by atoms with van der Waals surface area (Å²) in [6.07, 6.45) is 1.72. The standard InChI is InChI=1S/C16H15N3O/c17-19-16-15-7-6-14(10-13(15)8-9-18-16)20-11-12-4-2-1-3-5-12/h1-10H,11,17H2,(H,18,19). The van der Waals surface area contributed by atoms with Crippen LogP contribution in [0.4, 0.5) is 5.82 Å². The number of pyridine rings is 1. The SMILES string of the molecule is NNc1nccc2cc(OCc3ccccc3)ccc12. The van der Waals surface area contributed by atoms with Crippen molar-refractivity contribution < 1.29 is 4.74 Å². The van der Waals surface area contributed by atoms with E-state index in [1.807, 2.05) is 54.6 Å². The Morgan fingerprint density at radius 1 is 1.05 bits per heavy atom. The normalized spacial score (nSPS) is 10.4. The van der Waals surface area contributed by atoms with Gasteiger partial charge in [0, 0.05) is 11.6 Å². The van der Waals surface area contributed by atoms with E-state index in [1.54, 1.807) is 6.20 Å². The molecule has 0 saturated heterocycles. The molecule has 2 aromatic carbocycles. The van der Waals surface area contributed by atoms with Gasteiger partial charge < -0.3 is 10.2 Å². The van der Waals surface area contributed by atoms with E-state index in [2.05, 4.69) is 10.4 Å². The molecule has 4 nitrogen and oxygen atoms in total. The van der Waals surface area contributed by atoms with Crippen LogP contribution >= 0.6 is 0 Å². The third-order valence-corrected chi connectivity index (χ3v) is 3.12. The summed E-state index contributed by atoms with van der Waals surface area (Å²) in [5.41, 5.74) is 3.74. The highest BCUT2D eigenvalue weighted by Crippen LogP contribution is 2.25. The maximum atomic E-state index is 5.80. The molecule has 1 heterocycles. The van der Waals surface area contributed by atoms with Crippen LogP contribution in [0, 0.1) is 0 Å². The van der Waals surface area contributed by atoms with Gasteiger partial charge in [0.05, 0.1) is 0 Å². The van der Waals surface area contributed by atoms with Gasteiger partial charge in [-0.25, -0.2) is 10.8 Å². The number of hydrazine groups is 1. The molecule has 0 atom stereocenters. The van der Waals surface area contributed by atoms with Gasteiger partial charge in [0.15, 0.2) is 0 Å². The maximum Gasteiger partial charge on any atom is 0.147 e. The van der Waals surface area contributed by atoms with Gasteiger partial charge in [-0.3, -0.25) is 0 Å². The molecule has 0 amide bonds. The van der Waals surface area contributed by atoms with E-state index < -0.39 is 0 Å². The fourth-order valence-electron chi connectivity index (χ4n) is 2.10. The first-order valence-corrected chi connectivity index (χ1v) is 6.39. The van der Waals surface area contributed by atoms with Crippen molar-refractivity contribution in [1.29, 1.82) is 0 Å². The molecular formula is C16H15N3O. The molecule has 3 N–H and O–H groups in total. The summed E-state index contributed by atoms with van der Waals surface area (Å²) >= 11 is 0. The zero-order valence-corrected chi connectivity index (χ0v) is 10.9. The molecular weight excluding hydrogens is 250 g/mol. The number of nitrogens with two attached hydrogens (primary N) is 1. The van der Waals surface area contributed by atoms with Crippen molar-refractivity contribution >= 4 is 16.6 Å². The van der Waals surface area contributed by atoms with Crippen LogP contribution in [-0.2, 0) is 6.61 Å². The molecule has 0 bridgehead atoms. The Kier molecular flexibility index (Phi) is 3.48. The molecule has 0 aliphatic carbocycles. The van der Waals surface area contributed by atoms with Crippen molar-refractivity contribution in [2.45, 2.75) is 6.61 Å². The summed E-state index contributed by atoms with van der Waals surface area (Å²) in [5.74, 6) is 6.94. The largest absolute Gasteiger partial charge is 0.489 e. The van der Waals surface area contributed by atoms with E-state index in [0.717, 1.165) is 22.1 Å². The second-order valence-electron chi connectivity index (χ2n) is 4.46. The lowest BCUT2D eigenvalue weighted by atomic mass is 10.1. The van der Waals surface area contributed by atoms with Crippen LogP contribution < -0.4 is 16.0 Å². The summed E-state index contributed by atoms with van der Waals surface area (Å²) in [6.45, 7) is 0.555. The average Bonchev–Trinajstić information content (AvgIpc) is 2.53. The predicted molar refractivity (Wildman–Crippen MR) is 80.3 cm³/mol. The summed E-state index contributed by atoms with van der Waals surface area (Å²) in [6, 6.07) is 17.9. The quantitative estimate of drug-likeness (QED) is 0.562. The molecule has 3 aromatic rings. The fraction of sp³-hybridized carbons (Fsp3) is 0.0625. The van der Waals surface area contributed by atoms with Crippen LogP contribution in [-0.4, -0.2) is 4.98 Å². The van der Waals surface area contributed by atoms with Gasteiger partial charge in [-0.1, -0.05) is 30.3 Å². The van der Waals surface area contributed by atoms with Crippen molar-refractivity contribution in [2.75, 3.05) is 5.43 Å². The number of nitrogen functional groups attached to an aromatic ring is 1. The fourth-order valence-corrected chi connectivity index (χ4v) is 2.10. The number of anilines is 1. The summed E-state index contributed by atoms with van der Waals surface area (Å²) in [7, 11) is 0. The molecule has 0 aliphatic rings. The third kappa shape index (κ3) is 2.55. The second-order valence-corrected chi connectivity index (χ2v) is 4.46. The molecule has 1 aromatic heterocycles. The van der Waals surface area contributed by atoms with E-state index in [4.69, 9.17) is 10.6 Å². The molecule has 20 heavy (non-hydrogen) atoms. The van der Waals surface area contributed by atoms with Gasteiger partial charge >= 0.3 is 0 Å².